The Hall–Kier alpha value is -2.22. The first-order valence-corrected chi connectivity index (χ1v) is 8.99. The van der Waals surface area contributed by atoms with Crippen molar-refractivity contribution >= 4 is 11.7 Å². The topological polar surface area (TPSA) is 89.1 Å². The molecule has 1 aliphatic heterocycles. The van der Waals surface area contributed by atoms with Crippen LogP contribution in [-0.4, -0.2) is 49.4 Å². The molecule has 0 aliphatic carbocycles. The van der Waals surface area contributed by atoms with Crippen molar-refractivity contribution in [3.8, 4) is 0 Å². The molecule has 136 valence electrons. The van der Waals surface area contributed by atoms with Crippen molar-refractivity contribution in [3.63, 3.8) is 0 Å². The van der Waals surface area contributed by atoms with E-state index in [-0.39, 0.29) is 11.9 Å². The first kappa shape index (κ1) is 17.6. The molecule has 8 heteroatoms. The van der Waals surface area contributed by atoms with Crippen molar-refractivity contribution < 1.29 is 9.32 Å². The van der Waals surface area contributed by atoms with E-state index in [1.807, 2.05) is 11.6 Å². The number of anilines is 1. The number of aryl methyl sites for hydroxylation is 1. The molecule has 0 spiro atoms. The van der Waals surface area contributed by atoms with Gasteiger partial charge in [0.2, 0.25) is 5.91 Å². The van der Waals surface area contributed by atoms with E-state index in [9.17, 15) is 4.79 Å². The average Bonchev–Trinajstić information content (AvgIpc) is 3.32. The molecule has 2 atom stereocenters. The molecule has 2 aromatic heterocycles. The third-order valence-electron chi connectivity index (χ3n) is 4.70. The second-order valence-corrected chi connectivity index (χ2v) is 6.62. The van der Waals surface area contributed by atoms with Crippen molar-refractivity contribution in [3.05, 3.63) is 24.5 Å². The van der Waals surface area contributed by atoms with E-state index in [1.165, 1.54) is 0 Å². The number of carbonyl (C=O) groups is 1. The highest BCUT2D eigenvalue weighted by Gasteiger charge is 2.35. The Morgan fingerprint density at radius 1 is 1.52 bits per heavy atom. The van der Waals surface area contributed by atoms with E-state index in [4.69, 9.17) is 4.52 Å². The van der Waals surface area contributed by atoms with Crippen molar-refractivity contribution in [1.82, 2.24) is 24.8 Å². The second-order valence-electron chi connectivity index (χ2n) is 6.62. The molecule has 2 aromatic rings. The SMILES string of the molecule is CCCC[C@H](C(=O)Nc1cc(C)on1)N1CCC[C@H]1Cn1cncn1. The molecule has 1 saturated heterocycles. The minimum atomic E-state index is -0.159. The third kappa shape index (κ3) is 4.45. The van der Waals surface area contributed by atoms with Gasteiger partial charge in [-0.05, 0) is 32.7 Å². The second kappa shape index (κ2) is 8.24. The molecule has 0 saturated carbocycles. The van der Waals surface area contributed by atoms with Crippen molar-refractivity contribution in [2.75, 3.05) is 11.9 Å². The number of aromatic nitrogens is 4. The van der Waals surface area contributed by atoms with Gasteiger partial charge in [0, 0.05) is 12.1 Å². The van der Waals surface area contributed by atoms with Gasteiger partial charge >= 0.3 is 0 Å². The van der Waals surface area contributed by atoms with Crippen LogP contribution in [-0.2, 0) is 11.3 Å². The summed E-state index contributed by atoms with van der Waals surface area (Å²) in [5.74, 6) is 1.16. The fourth-order valence-electron chi connectivity index (χ4n) is 3.49. The Morgan fingerprint density at radius 2 is 2.40 bits per heavy atom. The highest BCUT2D eigenvalue weighted by molar-refractivity contribution is 5.94. The molecule has 1 amide bonds. The zero-order chi connectivity index (χ0) is 17.6. The third-order valence-corrected chi connectivity index (χ3v) is 4.70. The molecule has 1 fully saturated rings. The van der Waals surface area contributed by atoms with Gasteiger partial charge in [-0.1, -0.05) is 24.9 Å². The lowest BCUT2D eigenvalue weighted by molar-refractivity contribution is -0.122. The predicted octanol–water partition coefficient (Wildman–Crippen LogP) is 2.24. The van der Waals surface area contributed by atoms with Crippen LogP contribution in [0.4, 0.5) is 5.82 Å². The van der Waals surface area contributed by atoms with Crippen LogP contribution >= 0.6 is 0 Å². The number of nitrogens with one attached hydrogen (secondary N) is 1. The number of rotatable bonds is 8. The minimum absolute atomic E-state index is 0.00718. The van der Waals surface area contributed by atoms with Gasteiger partial charge in [-0.25, -0.2) is 4.98 Å². The molecular weight excluding hydrogens is 320 g/mol. The normalized spacial score (nSPS) is 19.2. The molecule has 8 nitrogen and oxygen atoms in total. The maximum Gasteiger partial charge on any atom is 0.242 e. The fourth-order valence-corrected chi connectivity index (χ4v) is 3.49. The van der Waals surface area contributed by atoms with E-state index >= 15 is 0 Å². The maximum atomic E-state index is 12.9. The van der Waals surface area contributed by atoms with Gasteiger partial charge in [0.05, 0.1) is 12.6 Å². The summed E-state index contributed by atoms with van der Waals surface area (Å²) in [7, 11) is 0. The largest absolute Gasteiger partial charge is 0.360 e. The molecular formula is C17H26N6O2. The molecule has 0 aromatic carbocycles. The highest BCUT2D eigenvalue weighted by atomic mass is 16.5. The summed E-state index contributed by atoms with van der Waals surface area (Å²) in [6.45, 7) is 5.65. The van der Waals surface area contributed by atoms with Gasteiger partial charge in [-0.2, -0.15) is 5.10 Å². The van der Waals surface area contributed by atoms with Crippen molar-refractivity contribution in [1.29, 1.82) is 0 Å². The number of hydrogen-bond acceptors (Lipinski definition) is 6. The first-order chi connectivity index (χ1) is 12.2. The lowest BCUT2D eigenvalue weighted by Gasteiger charge is -2.32. The maximum absolute atomic E-state index is 12.9. The first-order valence-electron chi connectivity index (χ1n) is 8.99. The summed E-state index contributed by atoms with van der Waals surface area (Å²) in [5, 5.41) is 11.0. The lowest BCUT2D eigenvalue weighted by Crippen LogP contribution is -2.47. The quantitative estimate of drug-likeness (QED) is 0.788. The zero-order valence-corrected chi connectivity index (χ0v) is 14.9. The molecule has 1 aliphatic rings. The standard InChI is InChI=1S/C17H26N6O2/c1-3-4-7-15(17(24)20-16-9-13(2)25-21-16)23-8-5-6-14(23)10-22-12-18-11-19-22/h9,11-12,14-15H,3-8,10H2,1-2H3,(H,20,21,24)/t14-,15+/m0/s1. The fraction of sp³-hybridized carbons (Fsp3) is 0.647. The molecule has 25 heavy (non-hydrogen) atoms. The van der Waals surface area contributed by atoms with Gasteiger partial charge in [-0.3, -0.25) is 14.4 Å². The zero-order valence-electron chi connectivity index (χ0n) is 14.9. The summed E-state index contributed by atoms with van der Waals surface area (Å²) in [6, 6.07) is 1.88. The Labute approximate surface area is 147 Å². The van der Waals surface area contributed by atoms with Crippen molar-refractivity contribution in [2.45, 2.75) is 64.6 Å². The number of nitrogens with zero attached hydrogens (tertiary/aromatic N) is 5. The summed E-state index contributed by atoms with van der Waals surface area (Å²) < 4.78 is 6.89. The van der Waals surface area contributed by atoms with Crippen LogP contribution in [0, 0.1) is 6.92 Å². The summed E-state index contributed by atoms with van der Waals surface area (Å²) in [6.07, 6.45) is 8.37. The Balaban J connectivity index is 1.70. The van der Waals surface area contributed by atoms with Crippen LogP contribution < -0.4 is 5.32 Å². The molecule has 3 heterocycles. The Morgan fingerprint density at radius 3 is 3.08 bits per heavy atom. The monoisotopic (exact) mass is 346 g/mol. The molecule has 1 N–H and O–H groups in total. The Bertz CT molecular complexity index is 668. The van der Waals surface area contributed by atoms with Gasteiger partial charge in [0.1, 0.15) is 18.4 Å². The van der Waals surface area contributed by atoms with Gasteiger partial charge < -0.3 is 9.84 Å². The number of carbonyl (C=O) groups excluding carboxylic acids is 1. The molecule has 0 unspecified atom stereocenters. The van der Waals surface area contributed by atoms with Crippen LogP contribution in [0.15, 0.2) is 23.2 Å². The molecule has 0 bridgehead atoms. The summed E-state index contributed by atoms with van der Waals surface area (Å²) in [5.41, 5.74) is 0. The molecule has 3 rings (SSSR count). The van der Waals surface area contributed by atoms with E-state index in [1.54, 1.807) is 18.7 Å². The summed E-state index contributed by atoms with van der Waals surface area (Å²) in [4.78, 5) is 19.2. The van der Waals surface area contributed by atoms with E-state index < -0.39 is 0 Å². The minimum Gasteiger partial charge on any atom is -0.360 e. The smallest absolute Gasteiger partial charge is 0.242 e. The molecule has 0 radical (unpaired) electrons. The number of amides is 1. The van der Waals surface area contributed by atoms with E-state index in [0.717, 1.165) is 45.2 Å². The number of likely N-dealkylation sites (tertiary alicyclic amines) is 1. The number of hydrogen-bond donors (Lipinski definition) is 1. The van der Waals surface area contributed by atoms with Gasteiger partial charge in [-0.15, -0.1) is 0 Å². The lowest BCUT2D eigenvalue weighted by atomic mass is 10.1. The predicted molar refractivity (Wildman–Crippen MR) is 92.9 cm³/mol. The van der Waals surface area contributed by atoms with Gasteiger partial charge in [0.25, 0.3) is 0 Å². The van der Waals surface area contributed by atoms with Crippen molar-refractivity contribution in [2.24, 2.45) is 0 Å². The van der Waals surface area contributed by atoms with Crippen LogP contribution in [0.5, 0.6) is 0 Å². The van der Waals surface area contributed by atoms with Crippen LogP contribution in [0.1, 0.15) is 44.8 Å². The van der Waals surface area contributed by atoms with Crippen LogP contribution in [0.2, 0.25) is 0 Å². The van der Waals surface area contributed by atoms with E-state index in [2.05, 4.69) is 32.4 Å². The highest BCUT2D eigenvalue weighted by Crippen LogP contribution is 2.25. The van der Waals surface area contributed by atoms with Crippen LogP contribution in [0.3, 0.4) is 0 Å². The number of unbranched alkanes of at least 4 members (excludes halogenated alkanes) is 1. The summed E-state index contributed by atoms with van der Waals surface area (Å²) >= 11 is 0. The van der Waals surface area contributed by atoms with Gasteiger partial charge in [0.15, 0.2) is 5.82 Å². The Kier molecular flexibility index (Phi) is 5.80. The average molecular weight is 346 g/mol. The van der Waals surface area contributed by atoms with E-state index in [0.29, 0.717) is 17.6 Å². The van der Waals surface area contributed by atoms with Crippen LogP contribution in [0.25, 0.3) is 0 Å².